The molecular formula is C15H21NO. The molecule has 2 heteroatoms. The van der Waals surface area contributed by atoms with Gasteiger partial charge in [-0.2, -0.15) is 0 Å². The number of allylic oxidation sites excluding steroid dienone is 2. The monoisotopic (exact) mass is 231 g/mol. The second-order valence-corrected chi connectivity index (χ2v) is 5.64. The molecular weight excluding hydrogens is 210 g/mol. The Morgan fingerprint density at radius 3 is 2.35 bits per heavy atom. The zero-order chi connectivity index (χ0) is 12.6. The first-order valence-electron chi connectivity index (χ1n) is 6.31. The maximum atomic E-state index is 5.77. The molecule has 0 aromatic carbocycles. The maximum Gasteiger partial charge on any atom is 0.198 e. The molecule has 2 nitrogen and oxygen atoms in total. The lowest BCUT2D eigenvalue weighted by molar-refractivity contribution is 0.386. The molecule has 1 aromatic rings. The van der Waals surface area contributed by atoms with Crippen molar-refractivity contribution in [1.82, 2.24) is 4.98 Å². The van der Waals surface area contributed by atoms with Crippen molar-refractivity contribution in [3.63, 3.8) is 0 Å². The number of hydrogen-bond donors (Lipinski definition) is 0. The second kappa shape index (κ2) is 4.17. The van der Waals surface area contributed by atoms with Crippen LogP contribution < -0.4 is 0 Å². The molecule has 1 aromatic heterocycles. The molecule has 92 valence electrons. The molecule has 1 aliphatic carbocycles. The summed E-state index contributed by atoms with van der Waals surface area (Å²) in [5.41, 5.74) is 1.04. The van der Waals surface area contributed by atoms with Crippen LogP contribution in [0, 0.1) is 11.3 Å². The summed E-state index contributed by atoms with van der Waals surface area (Å²) in [6.07, 6.45) is 8.60. The fraction of sp³-hybridized carbons (Fsp3) is 0.533. The number of oxazole rings is 1. The Bertz CT molecular complexity index is 432. The molecule has 1 aliphatic rings. The third-order valence-electron chi connectivity index (χ3n) is 3.63. The Kier molecular flexibility index (Phi) is 2.98. The van der Waals surface area contributed by atoms with Crippen molar-refractivity contribution in [2.24, 2.45) is 11.3 Å². The van der Waals surface area contributed by atoms with E-state index in [2.05, 4.69) is 63.9 Å². The van der Waals surface area contributed by atoms with Crippen molar-refractivity contribution in [1.29, 1.82) is 0 Å². The minimum Gasteiger partial charge on any atom is -0.440 e. The molecule has 0 fully saturated rings. The smallest absolute Gasteiger partial charge is 0.198 e. The largest absolute Gasteiger partial charge is 0.440 e. The van der Waals surface area contributed by atoms with Gasteiger partial charge >= 0.3 is 0 Å². The van der Waals surface area contributed by atoms with Gasteiger partial charge in [0.25, 0.3) is 0 Å². The third kappa shape index (κ3) is 2.21. The van der Waals surface area contributed by atoms with Gasteiger partial charge in [-0.25, -0.2) is 4.98 Å². The maximum absolute atomic E-state index is 5.77. The second-order valence-electron chi connectivity index (χ2n) is 5.64. The van der Waals surface area contributed by atoms with E-state index in [9.17, 15) is 0 Å². The van der Waals surface area contributed by atoms with Gasteiger partial charge in [0.15, 0.2) is 11.7 Å². The Hall–Kier alpha value is -1.31. The predicted molar refractivity (Wildman–Crippen MR) is 71.6 cm³/mol. The normalized spacial score (nSPS) is 23.2. The molecule has 0 bridgehead atoms. The third-order valence-corrected chi connectivity index (χ3v) is 3.63. The summed E-state index contributed by atoms with van der Waals surface area (Å²) in [6.45, 7) is 10.9. The van der Waals surface area contributed by atoms with Crippen molar-refractivity contribution < 1.29 is 4.42 Å². The fourth-order valence-corrected chi connectivity index (χ4v) is 1.80. The number of nitrogens with zero attached hydrogens (tertiary/aromatic N) is 1. The lowest BCUT2D eigenvalue weighted by Gasteiger charge is -2.25. The highest BCUT2D eigenvalue weighted by Gasteiger charge is 2.25. The number of hydrogen-bond acceptors (Lipinski definition) is 2. The summed E-state index contributed by atoms with van der Waals surface area (Å²) in [4.78, 5) is 4.53. The zero-order valence-corrected chi connectivity index (χ0v) is 11.3. The minimum atomic E-state index is 0.0845. The first-order chi connectivity index (χ1) is 7.92. The van der Waals surface area contributed by atoms with Gasteiger partial charge < -0.3 is 4.42 Å². The van der Waals surface area contributed by atoms with Gasteiger partial charge in [0.05, 0.1) is 0 Å². The van der Waals surface area contributed by atoms with Crippen LogP contribution in [0.4, 0.5) is 0 Å². The fourth-order valence-electron chi connectivity index (χ4n) is 1.80. The van der Waals surface area contributed by atoms with Gasteiger partial charge in [-0.3, -0.25) is 0 Å². The summed E-state index contributed by atoms with van der Waals surface area (Å²) < 4.78 is 5.77. The van der Waals surface area contributed by atoms with E-state index in [0.29, 0.717) is 11.8 Å². The molecule has 0 aliphatic heterocycles. The first-order valence-corrected chi connectivity index (χ1v) is 6.31. The van der Waals surface area contributed by atoms with Crippen molar-refractivity contribution in [2.45, 2.75) is 40.5 Å². The average molecular weight is 231 g/mol. The highest BCUT2D eigenvalue weighted by molar-refractivity contribution is 5.62. The van der Waals surface area contributed by atoms with E-state index in [4.69, 9.17) is 4.42 Å². The summed E-state index contributed by atoms with van der Waals surface area (Å²) in [7, 11) is 0. The van der Waals surface area contributed by atoms with Crippen LogP contribution in [0.3, 0.4) is 0 Å². The Labute approximate surface area is 103 Å². The molecule has 0 amide bonds. The molecule has 0 radical (unpaired) electrons. The summed E-state index contributed by atoms with van der Waals surface area (Å²) in [5, 5.41) is 0. The highest BCUT2D eigenvalue weighted by atomic mass is 16.4. The van der Waals surface area contributed by atoms with Gasteiger partial charge in [0, 0.05) is 11.3 Å². The molecule has 0 saturated heterocycles. The van der Waals surface area contributed by atoms with E-state index in [1.807, 2.05) is 0 Å². The van der Waals surface area contributed by atoms with Crippen LogP contribution in [0.15, 0.2) is 16.6 Å². The van der Waals surface area contributed by atoms with Crippen LogP contribution in [-0.2, 0) is 0 Å². The summed E-state index contributed by atoms with van der Waals surface area (Å²) >= 11 is 0. The lowest BCUT2D eigenvalue weighted by Crippen LogP contribution is -2.16. The Balaban J connectivity index is 2.39. The van der Waals surface area contributed by atoms with Crippen molar-refractivity contribution in [3.8, 4) is 0 Å². The average Bonchev–Trinajstić information content (AvgIpc) is 2.60. The molecule has 1 heterocycles. The molecule has 17 heavy (non-hydrogen) atoms. The molecule has 0 saturated carbocycles. The van der Waals surface area contributed by atoms with Crippen molar-refractivity contribution in [3.05, 3.63) is 29.5 Å². The van der Waals surface area contributed by atoms with Crippen LogP contribution >= 0.6 is 0 Å². The molecule has 0 N–H and O–H groups in total. The lowest BCUT2D eigenvalue weighted by atomic mass is 9.79. The predicted octanol–water partition coefficient (Wildman–Crippen LogP) is 4.50. The number of rotatable bonds is 2. The van der Waals surface area contributed by atoms with E-state index < -0.39 is 0 Å². The van der Waals surface area contributed by atoms with Gasteiger partial charge in [-0.1, -0.05) is 46.8 Å². The van der Waals surface area contributed by atoms with E-state index in [1.54, 1.807) is 0 Å². The zero-order valence-electron chi connectivity index (χ0n) is 11.3. The topological polar surface area (TPSA) is 26.0 Å². The van der Waals surface area contributed by atoms with Crippen LogP contribution in [0.25, 0.3) is 12.2 Å². The van der Waals surface area contributed by atoms with Crippen LogP contribution in [0.5, 0.6) is 0 Å². The van der Waals surface area contributed by atoms with E-state index in [0.717, 1.165) is 17.3 Å². The highest BCUT2D eigenvalue weighted by Crippen LogP contribution is 2.35. The number of aromatic nitrogens is 1. The van der Waals surface area contributed by atoms with E-state index in [-0.39, 0.29) is 5.41 Å². The quantitative estimate of drug-likeness (QED) is 0.749. The van der Waals surface area contributed by atoms with E-state index >= 15 is 0 Å². The van der Waals surface area contributed by atoms with Crippen LogP contribution in [0.2, 0.25) is 0 Å². The minimum absolute atomic E-state index is 0.0845. The van der Waals surface area contributed by atoms with Gasteiger partial charge in [-0.15, -0.1) is 0 Å². The van der Waals surface area contributed by atoms with Gasteiger partial charge in [0.1, 0.15) is 5.69 Å². The summed E-state index contributed by atoms with van der Waals surface area (Å²) in [5.74, 6) is 2.59. The standard InChI is InChI=1S/C15H21NO/c1-10(2)14-16-12-6-8-15(5,11(3)4)9-7-13(12)17-14/h6-11H,1-5H3. The van der Waals surface area contributed by atoms with E-state index in [1.165, 1.54) is 0 Å². The van der Waals surface area contributed by atoms with Crippen LogP contribution in [-0.4, -0.2) is 4.98 Å². The van der Waals surface area contributed by atoms with Crippen molar-refractivity contribution >= 4 is 12.2 Å². The molecule has 0 spiro atoms. The summed E-state index contributed by atoms with van der Waals surface area (Å²) in [6, 6.07) is 0. The molecule has 1 atom stereocenters. The van der Waals surface area contributed by atoms with Crippen LogP contribution in [0.1, 0.15) is 57.9 Å². The molecule has 2 rings (SSSR count). The Morgan fingerprint density at radius 1 is 1.12 bits per heavy atom. The van der Waals surface area contributed by atoms with Crippen molar-refractivity contribution in [2.75, 3.05) is 0 Å². The van der Waals surface area contributed by atoms with Gasteiger partial charge in [0.2, 0.25) is 0 Å². The van der Waals surface area contributed by atoms with Gasteiger partial charge in [-0.05, 0) is 18.1 Å². The number of fused-ring (bicyclic) bond motifs is 1. The Morgan fingerprint density at radius 2 is 1.76 bits per heavy atom. The first kappa shape index (κ1) is 12.2. The molecule has 1 unspecified atom stereocenters. The SMILES string of the molecule is CC(C)c1nc2c(o1)C=CC(C)(C(C)C)C=C2.